The molecule has 2 unspecified atom stereocenters. The Balaban J connectivity index is 0.00000169. The van der Waals surface area contributed by atoms with E-state index in [2.05, 4.69) is 15.6 Å². The van der Waals surface area contributed by atoms with E-state index in [1.807, 2.05) is 11.8 Å². The first-order valence-electron chi connectivity index (χ1n) is 8.39. The molecule has 10 heteroatoms. The molecular weight excluding hydrogens is 381 g/mol. The summed E-state index contributed by atoms with van der Waals surface area (Å²) in [5, 5.41) is 17.3. The number of hydrogen-bond acceptors (Lipinski definition) is 6. The lowest BCUT2D eigenvalue weighted by Gasteiger charge is -2.36. The zero-order valence-corrected chi connectivity index (χ0v) is 16.3. The predicted molar refractivity (Wildman–Crippen MR) is 104 cm³/mol. The van der Waals surface area contributed by atoms with Gasteiger partial charge < -0.3 is 15.5 Å². The number of likely N-dealkylation sites (tertiary alicyclic amines) is 1. The van der Waals surface area contributed by atoms with Gasteiger partial charge in [-0.15, -0.1) is 24.8 Å². The maximum Gasteiger partial charge on any atom is 0.287 e. The van der Waals surface area contributed by atoms with E-state index in [1.54, 1.807) is 6.07 Å². The van der Waals surface area contributed by atoms with Crippen molar-refractivity contribution in [2.24, 2.45) is 0 Å². The first-order chi connectivity index (χ1) is 11.5. The van der Waals surface area contributed by atoms with E-state index in [4.69, 9.17) is 0 Å². The first-order valence-corrected chi connectivity index (χ1v) is 8.39. The van der Waals surface area contributed by atoms with Crippen LogP contribution in [-0.4, -0.2) is 51.9 Å². The highest BCUT2D eigenvalue weighted by atomic mass is 35.5. The summed E-state index contributed by atoms with van der Waals surface area (Å²) >= 11 is 0. The van der Waals surface area contributed by atoms with E-state index in [0.29, 0.717) is 12.4 Å². The number of rotatable bonds is 4. The van der Waals surface area contributed by atoms with E-state index in [1.165, 1.54) is 12.3 Å². The van der Waals surface area contributed by atoms with Crippen LogP contribution in [0.4, 0.5) is 11.5 Å². The number of pyridine rings is 1. The molecule has 3 heterocycles. The molecule has 2 atom stereocenters. The van der Waals surface area contributed by atoms with E-state index in [9.17, 15) is 14.9 Å². The Labute approximate surface area is 165 Å². The minimum atomic E-state index is -0.468. The molecule has 2 aliphatic rings. The number of nitro groups is 1. The molecule has 146 valence electrons. The molecule has 26 heavy (non-hydrogen) atoms. The monoisotopic (exact) mass is 405 g/mol. The number of nitrogens with one attached hydrogen (secondary N) is 2. The Bertz CT molecular complexity index is 623. The average Bonchev–Trinajstić information content (AvgIpc) is 3.03. The first kappa shape index (κ1) is 22.4. The summed E-state index contributed by atoms with van der Waals surface area (Å²) < 4.78 is 0. The smallest absolute Gasteiger partial charge is 0.287 e. The molecule has 2 saturated heterocycles. The van der Waals surface area contributed by atoms with Crippen LogP contribution in [0.25, 0.3) is 0 Å². The van der Waals surface area contributed by atoms with Gasteiger partial charge in [-0.1, -0.05) is 0 Å². The second kappa shape index (κ2) is 9.34. The quantitative estimate of drug-likeness (QED) is 0.588. The van der Waals surface area contributed by atoms with Crippen LogP contribution in [0.2, 0.25) is 0 Å². The number of aromatic nitrogens is 1. The molecule has 8 nitrogen and oxygen atoms in total. The normalized spacial score (nSPS) is 25.0. The van der Waals surface area contributed by atoms with E-state index < -0.39 is 10.5 Å². The minimum Gasteiger partial charge on any atom is -0.365 e. The fourth-order valence-corrected chi connectivity index (χ4v) is 3.44. The van der Waals surface area contributed by atoms with Crippen molar-refractivity contribution < 1.29 is 9.72 Å². The summed E-state index contributed by atoms with van der Waals surface area (Å²) in [4.78, 5) is 28.9. The van der Waals surface area contributed by atoms with Gasteiger partial charge in [0.15, 0.2) is 0 Å². The lowest BCUT2D eigenvalue weighted by molar-refractivity contribution is -0.385. The van der Waals surface area contributed by atoms with Gasteiger partial charge in [-0.25, -0.2) is 4.98 Å². The number of halogens is 2. The van der Waals surface area contributed by atoms with Crippen LogP contribution in [0, 0.1) is 10.1 Å². The van der Waals surface area contributed by atoms with Crippen LogP contribution >= 0.6 is 24.8 Å². The molecule has 2 N–H and O–H groups in total. The number of anilines is 1. The van der Waals surface area contributed by atoms with Crippen LogP contribution in [0.15, 0.2) is 18.3 Å². The van der Waals surface area contributed by atoms with Gasteiger partial charge in [0, 0.05) is 25.2 Å². The van der Waals surface area contributed by atoms with Gasteiger partial charge in [-0.3, -0.25) is 14.9 Å². The summed E-state index contributed by atoms with van der Waals surface area (Å²) in [6.07, 6.45) is 5.17. The van der Waals surface area contributed by atoms with Crippen molar-refractivity contribution >= 4 is 42.2 Å². The second-order valence-corrected chi connectivity index (χ2v) is 6.76. The third-order valence-electron chi connectivity index (χ3n) is 4.88. The van der Waals surface area contributed by atoms with Crippen LogP contribution in [0.5, 0.6) is 0 Å². The van der Waals surface area contributed by atoms with Gasteiger partial charge in [0.2, 0.25) is 5.91 Å². The topological polar surface area (TPSA) is 100 Å². The number of nitrogens with zero attached hydrogens (tertiary/aromatic N) is 3. The Morgan fingerprint density at radius 1 is 1.42 bits per heavy atom. The highest BCUT2D eigenvalue weighted by molar-refractivity contribution is 5.86. The second-order valence-electron chi connectivity index (χ2n) is 6.76. The number of hydrogen-bond donors (Lipinski definition) is 2. The number of piperidine rings is 1. The van der Waals surface area contributed by atoms with Crippen molar-refractivity contribution in [3.8, 4) is 0 Å². The SMILES string of the molecule is CC1(C(=O)N2CCC(Nc3ccc([N+](=O)[O-])cn3)C2)CCCCN1.Cl.Cl. The van der Waals surface area contributed by atoms with E-state index in [0.717, 1.165) is 38.8 Å². The molecule has 0 saturated carbocycles. The zero-order valence-electron chi connectivity index (χ0n) is 14.6. The molecule has 0 aliphatic carbocycles. The van der Waals surface area contributed by atoms with Gasteiger partial charge in [-0.2, -0.15) is 0 Å². The molecule has 1 aromatic rings. The van der Waals surface area contributed by atoms with Crippen LogP contribution in [0.1, 0.15) is 32.6 Å². The predicted octanol–water partition coefficient (Wildman–Crippen LogP) is 2.38. The number of carbonyl (C=O) groups is 1. The molecule has 0 aromatic carbocycles. The van der Waals surface area contributed by atoms with Gasteiger partial charge >= 0.3 is 0 Å². The molecule has 2 aliphatic heterocycles. The molecule has 2 fully saturated rings. The lowest BCUT2D eigenvalue weighted by Crippen LogP contribution is -2.57. The van der Waals surface area contributed by atoms with Gasteiger partial charge in [0.1, 0.15) is 12.0 Å². The summed E-state index contributed by atoms with van der Waals surface area (Å²) in [7, 11) is 0. The fraction of sp³-hybridized carbons (Fsp3) is 0.625. The third kappa shape index (κ3) is 4.96. The van der Waals surface area contributed by atoms with Crippen molar-refractivity contribution in [1.82, 2.24) is 15.2 Å². The summed E-state index contributed by atoms with van der Waals surface area (Å²) in [6.45, 7) is 4.24. The van der Waals surface area contributed by atoms with Crippen LogP contribution < -0.4 is 10.6 Å². The summed E-state index contributed by atoms with van der Waals surface area (Å²) in [6, 6.07) is 3.15. The minimum absolute atomic E-state index is 0. The molecule has 0 spiro atoms. The molecule has 1 aromatic heterocycles. The van der Waals surface area contributed by atoms with Crippen molar-refractivity contribution in [1.29, 1.82) is 0 Å². The summed E-state index contributed by atoms with van der Waals surface area (Å²) in [5.74, 6) is 0.769. The van der Waals surface area contributed by atoms with Crippen molar-refractivity contribution in [3.05, 3.63) is 28.4 Å². The molecular formula is C16H25Cl2N5O3. The molecule has 3 rings (SSSR count). The van der Waals surface area contributed by atoms with Crippen molar-refractivity contribution in [2.75, 3.05) is 25.0 Å². The largest absolute Gasteiger partial charge is 0.365 e. The molecule has 0 radical (unpaired) electrons. The summed E-state index contributed by atoms with van der Waals surface area (Å²) in [5.41, 5.74) is -0.473. The Morgan fingerprint density at radius 3 is 2.77 bits per heavy atom. The maximum atomic E-state index is 12.8. The lowest BCUT2D eigenvalue weighted by atomic mass is 9.89. The van der Waals surface area contributed by atoms with Crippen LogP contribution in [-0.2, 0) is 4.79 Å². The molecule has 1 amide bonds. The van der Waals surface area contributed by atoms with E-state index >= 15 is 0 Å². The maximum absolute atomic E-state index is 12.8. The Morgan fingerprint density at radius 2 is 2.19 bits per heavy atom. The third-order valence-corrected chi connectivity index (χ3v) is 4.88. The average molecular weight is 406 g/mol. The highest BCUT2D eigenvalue weighted by Gasteiger charge is 2.39. The fourth-order valence-electron chi connectivity index (χ4n) is 3.44. The van der Waals surface area contributed by atoms with E-state index in [-0.39, 0.29) is 42.5 Å². The Kier molecular flexibility index (Phi) is 8.05. The van der Waals surface area contributed by atoms with Gasteiger partial charge in [0.05, 0.1) is 10.5 Å². The zero-order chi connectivity index (χ0) is 17.2. The van der Waals surface area contributed by atoms with Crippen molar-refractivity contribution in [3.63, 3.8) is 0 Å². The number of carbonyl (C=O) groups excluding carboxylic acids is 1. The molecule has 0 bridgehead atoms. The van der Waals surface area contributed by atoms with Crippen LogP contribution in [0.3, 0.4) is 0 Å². The van der Waals surface area contributed by atoms with Crippen molar-refractivity contribution in [2.45, 2.75) is 44.2 Å². The van der Waals surface area contributed by atoms with Gasteiger partial charge in [0.25, 0.3) is 5.69 Å². The highest BCUT2D eigenvalue weighted by Crippen LogP contribution is 2.24. The van der Waals surface area contributed by atoms with Gasteiger partial charge in [-0.05, 0) is 45.2 Å². The number of amides is 1. The Hall–Kier alpha value is -1.64. The standard InChI is InChI=1S/C16H23N5O3.2ClH/c1-16(7-2-3-8-18-16)15(22)20-9-6-12(11-20)19-14-5-4-13(10-17-14)21(23)24;;/h4-5,10,12,18H,2-3,6-9,11H2,1H3,(H,17,19);2*1H.